The van der Waals surface area contributed by atoms with Crippen molar-refractivity contribution in [1.29, 1.82) is 0 Å². The van der Waals surface area contributed by atoms with Crippen LogP contribution in [0, 0.1) is 0 Å². The summed E-state index contributed by atoms with van der Waals surface area (Å²) in [5.41, 5.74) is -0.166. The first-order valence-electron chi connectivity index (χ1n) is 7.23. The molecule has 1 heterocycles. The molecule has 1 unspecified atom stereocenters. The number of carbonyl (C=O) groups is 2. The number of ether oxygens (including phenoxy) is 2. The Bertz CT molecular complexity index is 621. The number of benzene rings is 1. The van der Waals surface area contributed by atoms with Gasteiger partial charge in [0.25, 0.3) is 0 Å². The van der Waals surface area contributed by atoms with E-state index in [1.165, 1.54) is 18.2 Å². The molecule has 1 aliphatic rings. The average Bonchev–Trinajstić information content (AvgIpc) is 2.49. The van der Waals surface area contributed by atoms with Gasteiger partial charge in [0, 0.05) is 12.1 Å². The number of phenolic OH excluding ortho intramolecular Hbond substituents is 2. The van der Waals surface area contributed by atoms with Gasteiger partial charge in [0.1, 0.15) is 28.9 Å². The van der Waals surface area contributed by atoms with Crippen LogP contribution in [0.15, 0.2) is 24.3 Å². The van der Waals surface area contributed by atoms with E-state index < -0.39 is 23.6 Å². The third-order valence-electron chi connectivity index (χ3n) is 3.28. The van der Waals surface area contributed by atoms with E-state index in [2.05, 4.69) is 0 Å². The fraction of sp³-hybridized carbons (Fsp3) is 0.375. The minimum Gasteiger partial charge on any atom is -0.508 e. The molecule has 0 aliphatic carbocycles. The first kappa shape index (κ1) is 16.8. The number of phenols is 2. The summed E-state index contributed by atoms with van der Waals surface area (Å²) in [6.07, 6.45) is 2.50. The minimum atomic E-state index is -1.11. The van der Waals surface area contributed by atoms with E-state index >= 15 is 0 Å². The number of ketones is 1. The van der Waals surface area contributed by atoms with Crippen LogP contribution in [0.1, 0.15) is 29.6 Å². The second kappa shape index (κ2) is 7.64. The molecule has 1 aromatic carbocycles. The molecule has 0 fully saturated rings. The molecule has 124 valence electrons. The molecule has 0 bridgehead atoms. The number of carbonyl (C=O) groups excluding carboxylic acids is 2. The van der Waals surface area contributed by atoms with Crippen molar-refractivity contribution in [2.24, 2.45) is 0 Å². The SMILES string of the molecule is O=C1OCC/C=C\C(=O)C(O)CCCOc2cc(O)cc(O)c21. The number of cyclic esters (lactones) is 1. The molecule has 1 aromatic rings. The first-order chi connectivity index (χ1) is 11.0. The van der Waals surface area contributed by atoms with Gasteiger partial charge in [0.15, 0.2) is 5.78 Å². The highest BCUT2D eigenvalue weighted by atomic mass is 16.5. The van der Waals surface area contributed by atoms with Gasteiger partial charge in [0.05, 0.1) is 13.2 Å². The molecule has 7 nitrogen and oxygen atoms in total. The molecular formula is C16H18O7. The molecule has 2 rings (SSSR count). The van der Waals surface area contributed by atoms with Crippen LogP contribution in [-0.4, -0.2) is 46.4 Å². The summed E-state index contributed by atoms with van der Waals surface area (Å²) in [4.78, 5) is 23.6. The molecule has 0 aromatic heterocycles. The van der Waals surface area contributed by atoms with Crippen molar-refractivity contribution in [3.8, 4) is 17.2 Å². The number of fused-ring (bicyclic) bond motifs is 1. The molecule has 0 radical (unpaired) electrons. The standard InChI is InChI=1S/C16H18O7/c17-10-8-13(20)15-14(9-10)22-7-3-5-12(19)11(18)4-1-2-6-23-16(15)21/h1,4,8-9,12,17,19-20H,2-3,5-7H2/b4-1-. The molecule has 1 atom stereocenters. The molecule has 0 amide bonds. The summed E-state index contributed by atoms with van der Waals surface area (Å²) in [5, 5.41) is 29.1. The summed E-state index contributed by atoms with van der Waals surface area (Å²) >= 11 is 0. The molecule has 7 heteroatoms. The van der Waals surface area contributed by atoms with Gasteiger partial charge < -0.3 is 24.8 Å². The third-order valence-corrected chi connectivity index (χ3v) is 3.28. The van der Waals surface area contributed by atoms with Crippen LogP contribution in [0.5, 0.6) is 17.2 Å². The van der Waals surface area contributed by atoms with Crippen LogP contribution in [0.4, 0.5) is 0 Å². The van der Waals surface area contributed by atoms with E-state index in [9.17, 15) is 24.9 Å². The molecule has 0 saturated carbocycles. The maximum Gasteiger partial charge on any atom is 0.345 e. The summed E-state index contributed by atoms with van der Waals surface area (Å²) in [6.45, 7) is 0.0929. The van der Waals surface area contributed by atoms with Crippen molar-refractivity contribution >= 4 is 11.8 Å². The number of hydrogen-bond acceptors (Lipinski definition) is 7. The molecule has 0 spiro atoms. The maximum atomic E-state index is 12.0. The predicted octanol–water partition coefficient (Wildman–Crippen LogP) is 1.30. The van der Waals surface area contributed by atoms with Crippen LogP contribution in [0.25, 0.3) is 0 Å². The van der Waals surface area contributed by atoms with E-state index in [1.54, 1.807) is 0 Å². The van der Waals surface area contributed by atoms with Gasteiger partial charge in [-0.15, -0.1) is 0 Å². The second-order valence-electron chi connectivity index (χ2n) is 5.07. The van der Waals surface area contributed by atoms with Crippen LogP contribution in [0.3, 0.4) is 0 Å². The number of aromatic hydroxyl groups is 2. The lowest BCUT2D eigenvalue weighted by Crippen LogP contribution is -2.19. The number of rotatable bonds is 0. The van der Waals surface area contributed by atoms with Crippen molar-refractivity contribution in [1.82, 2.24) is 0 Å². The Morgan fingerprint density at radius 1 is 1.09 bits per heavy atom. The van der Waals surface area contributed by atoms with Gasteiger partial charge in [-0.1, -0.05) is 6.08 Å². The fourth-order valence-electron chi connectivity index (χ4n) is 2.11. The monoisotopic (exact) mass is 322 g/mol. The summed E-state index contributed by atoms with van der Waals surface area (Å²) in [5.74, 6) is -1.91. The van der Waals surface area contributed by atoms with Gasteiger partial charge in [-0.3, -0.25) is 4.79 Å². The Morgan fingerprint density at radius 3 is 2.65 bits per heavy atom. The Hall–Kier alpha value is -2.54. The highest BCUT2D eigenvalue weighted by Crippen LogP contribution is 2.33. The van der Waals surface area contributed by atoms with Crippen LogP contribution in [-0.2, 0) is 9.53 Å². The van der Waals surface area contributed by atoms with Crippen molar-refractivity contribution < 1.29 is 34.4 Å². The van der Waals surface area contributed by atoms with Gasteiger partial charge in [0.2, 0.25) is 0 Å². The summed E-state index contributed by atoms with van der Waals surface area (Å²) in [6, 6.07) is 2.22. The van der Waals surface area contributed by atoms with Crippen molar-refractivity contribution in [3.63, 3.8) is 0 Å². The zero-order chi connectivity index (χ0) is 16.8. The molecule has 0 saturated heterocycles. The van der Waals surface area contributed by atoms with Crippen LogP contribution < -0.4 is 4.74 Å². The fourth-order valence-corrected chi connectivity index (χ4v) is 2.11. The Labute approximate surface area is 132 Å². The Morgan fingerprint density at radius 2 is 1.87 bits per heavy atom. The largest absolute Gasteiger partial charge is 0.508 e. The highest BCUT2D eigenvalue weighted by molar-refractivity contribution is 5.96. The number of hydrogen-bond donors (Lipinski definition) is 3. The summed E-state index contributed by atoms with van der Waals surface area (Å²) < 4.78 is 10.4. The van der Waals surface area contributed by atoms with E-state index in [0.29, 0.717) is 12.8 Å². The molecular weight excluding hydrogens is 304 g/mol. The van der Waals surface area contributed by atoms with E-state index in [0.717, 1.165) is 6.07 Å². The van der Waals surface area contributed by atoms with Crippen LogP contribution in [0.2, 0.25) is 0 Å². The average molecular weight is 322 g/mol. The number of esters is 1. The first-order valence-corrected chi connectivity index (χ1v) is 7.23. The van der Waals surface area contributed by atoms with Crippen molar-refractivity contribution in [2.75, 3.05) is 13.2 Å². The number of aliphatic hydroxyl groups is 1. The van der Waals surface area contributed by atoms with Gasteiger partial charge in [-0.25, -0.2) is 4.79 Å². The lowest BCUT2D eigenvalue weighted by molar-refractivity contribution is -0.122. The predicted molar refractivity (Wildman–Crippen MR) is 79.6 cm³/mol. The van der Waals surface area contributed by atoms with E-state index in [1.807, 2.05) is 0 Å². The minimum absolute atomic E-state index is 0.00152. The summed E-state index contributed by atoms with van der Waals surface area (Å²) in [7, 11) is 0. The van der Waals surface area contributed by atoms with Gasteiger partial charge >= 0.3 is 5.97 Å². The van der Waals surface area contributed by atoms with E-state index in [4.69, 9.17) is 9.47 Å². The normalized spacial score (nSPS) is 21.5. The quantitative estimate of drug-likeness (QED) is 0.617. The zero-order valence-electron chi connectivity index (χ0n) is 12.4. The topological polar surface area (TPSA) is 113 Å². The molecule has 23 heavy (non-hydrogen) atoms. The van der Waals surface area contributed by atoms with Crippen LogP contribution >= 0.6 is 0 Å². The van der Waals surface area contributed by atoms with Gasteiger partial charge in [-0.2, -0.15) is 0 Å². The third kappa shape index (κ3) is 4.46. The Kier molecular flexibility index (Phi) is 5.59. The second-order valence-corrected chi connectivity index (χ2v) is 5.07. The van der Waals surface area contributed by atoms with Crippen molar-refractivity contribution in [2.45, 2.75) is 25.4 Å². The molecule has 3 N–H and O–H groups in total. The van der Waals surface area contributed by atoms with E-state index in [-0.39, 0.29) is 36.7 Å². The van der Waals surface area contributed by atoms with Gasteiger partial charge in [-0.05, 0) is 25.3 Å². The lowest BCUT2D eigenvalue weighted by atomic mass is 10.1. The lowest BCUT2D eigenvalue weighted by Gasteiger charge is -2.14. The molecule has 1 aliphatic heterocycles. The van der Waals surface area contributed by atoms with Crippen molar-refractivity contribution in [3.05, 3.63) is 29.8 Å². The Balaban J connectivity index is 2.23. The highest BCUT2D eigenvalue weighted by Gasteiger charge is 2.21. The smallest absolute Gasteiger partial charge is 0.345 e. The maximum absolute atomic E-state index is 12.0. The zero-order valence-corrected chi connectivity index (χ0v) is 12.4. The number of aliphatic hydroxyl groups excluding tert-OH is 1.